The number of rotatable bonds is 7. The van der Waals surface area contributed by atoms with Gasteiger partial charge in [0.2, 0.25) is 0 Å². The van der Waals surface area contributed by atoms with Gasteiger partial charge in [0.15, 0.2) is 0 Å². The molecule has 4 heteroatoms. The van der Waals surface area contributed by atoms with Crippen molar-refractivity contribution in [2.45, 2.75) is 38.8 Å². The third-order valence-electron chi connectivity index (χ3n) is 4.25. The Kier molecular flexibility index (Phi) is 6.87. The summed E-state index contributed by atoms with van der Waals surface area (Å²) in [6.45, 7) is 7.23. The van der Waals surface area contributed by atoms with Crippen molar-refractivity contribution in [2.24, 2.45) is 0 Å². The first kappa shape index (κ1) is 16.7. The van der Waals surface area contributed by atoms with Crippen molar-refractivity contribution in [3.8, 4) is 0 Å². The number of hydrogen-bond acceptors (Lipinski definition) is 3. The van der Waals surface area contributed by atoms with Gasteiger partial charge in [0.1, 0.15) is 0 Å². The van der Waals surface area contributed by atoms with Gasteiger partial charge in [-0.2, -0.15) is 0 Å². The van der Waals surface area contributed by atoms with E-state index >= 15 is 0 Å². The average molecular weight is 308 g/mol. The molecule has 1 aliphatic heterocycles. The summed E-state index contributed by atoms with van der Waals surface area (Å²) in [5.74, 6) is 1.55. The van der Waals surface area contributed by atoms with Crippen LogP contribution in [0.2, 0.25) is 0 Å². The standard InChI is InChI=1S/C17H28N2OS/c1-3-8-16-14-19(11-12-21(20)4-2)17(13-18-16)15-9-6-5-7-10-15/h5-7,9-10,16-18H,3-4,8,11-14H2,1-2H3. The van der Waals surface area contributed by atoms with Crippen LogP contribution in [0.15, 0.2) is 30.3 Å². The minimum Gasteiger partial charge on any atom is -0.311 e. The molecule has 0 aromatic heterocycles. The zero-order valence-corrected chi connectivity index (χ0v) is 14.1. The molecule has 118 valence electrons. The number of nitrogens with one attached hydrogen (secondary N) is 1. The summed E-state index contributed by atoms with van der Waals surface area (Å²) >= 11 is 0. The van der Waals surface area contributed by atoms with E-state index in [1.54, 1.807) is 0 Å². The van der Waals surface area contributed by atoms with Crippen molar-refractivity contribution in [3.05, 3.63) is 35.9 Å². The van der Waals surface area contributed by atoms with Crippen LogP contribution in [0.3, 0.4) is 0 Å². The van der Waals surface area contributed by atoms with Gasteiger partial charge < -0.3 is 5.32 Å². The van der Waals surface area contributed by atoms with Crippen molar-refractivity contribution < 1.29 is 4.21 Å². The fraction of sp³-hybridized carbons (Fsp3) is 0.647. The van der Waals surface area contributed by atoms with E-state index in [9.17, 15) is 4.21 Å². The Hall–Kier alpha value is -0.710. The van der Waals surface area contributed by atoms with Crippen molar-refractivity contribution in [2.75, 3.05) is 31.1 Å². The molecule has 3 atom stereocenters. The van der Waals surface area contributed by atoms with Crippen LogP contribution in [0.4, 0.5) is 0 Å². The predicted molar refractivity (Wildman–Crippen MR) is 91.0 cm³/mol. The van der Waals surface area contributed by atoms with Crippen molar-refractivity contribution >= 4 is 10.8 Å². The van der Waals surface area contributed by atoms with E-state index in [0.29, 0.717) is 12.1 Å². The first-order valence-corrected chi connectivity index (χ1v) is 9.60. The molecule has 0 saturated carbocycles. The molecule has 1 fully saturated rings. The van der Waals surface area contributed by atoms with E-state index in [4.69, 9.17) is 0 Å². The lowest BCUT2D eigenvalue weighted by atomic mass is 9.99. The van der Waals surface area contributed by atoms with E-state index in [-0.39, 0.29) is 0 Å². The maximum Gasteiger partial charge on any atom is 0.0473 e. The molecule has 3 nitrogen and oxygen atoms in total. The van der Waals surface area contributed by atoms with Gasteiger partial charge in [-0.3, -0.25) is 9.11 Å². The normalized spacial score (nSPS) is 24.9. The van der Waals surface area contributed by atoms with E-state index in [0.717, 1.165) is 31.1 Å². The first-order valence-electron chi connectivity index (χ1n) is 8.12. The highest BCUT2D eigenvalue weighted by Crippen LogP contribution is 2.24. The van der Waals surface area contributed by atoms with Gasteiger partial charge in [-0.25, -0.2) is 0 Å². The Balaban J connectivity index is 2.04. The fourth-order valence-electron chi connectivity index (χ4n) is 3.04. The topological polar surface area (TPSA) is 32.3 Å². The van der Waals surface area contributed by atoms with Crippen molar-refractivity contribution in [3.63, 3.8) is 0 Å². The van der Waals surface area contributed by atoms with Gasteiger partial charge in [0.05, 0.1) is 0 Å². The largest absolute Gasteiger partial charge is 0.311 e. The maximum absolute atomic E-state index is 11.8. The molecule has 1 aliphatic rings. The second-order valence-corrected chi connectivity index (χ2v) is 7.61. The highest BCUT2D eigenvalue weighted by Gasteiger charge is 2.28. The molecule has 0 amide bonds. The van der Waals surface area contributed by atoms with Crippen LogP contribution < -0.4 is 5.32 Å². The molecule has 2 rings (SSSR count). The second kappa shape index (κ2) is 8.66. The van der Waals surface area contributed by atoms with Crippen LogP contribution in [0.1, 0.15) is 38.3 Å². The molecule has 1 heterocycles. The molecule has 0 bridgehead atoms. The predicted octanol–water partition coefficient (Wildman–Crippen LogP) is 2.57. The molecular formula is C17H28N2OS. The Morgan fingerprint density at radius 3 is 2.71 bits per heavy atom. The lowest BCUT2D eigenvalue weighted by Crippen LogP contribution is -2.53. The SMILES string of the molecule is CCCC1CN(CCS(=O)CC)C(c2ccccc2)CN1. The van der Waals surface area contributed by atoms with E-state index in [2.05, 4.69) is 47.5 Å². The Bertz CT molecular complexity index is 438. The first-order chi connectivity index (χ1) is 10.2. The molecule has 21 heavy (non-hydrogen) atoms. The lowest BCUT2D eigenvalue weighted by molar-refractivity contribution is 0.134. The summed E-state index contributed by atoms with van der Waals surface area (Å²) in [7, 11) is -0.677. The van der Waals surface area contributed by atoms with Gasteiger partial charge in [0, 0.05) is 54.0 Å². The monoisotopic (exact) mass is 308 g/mol. The van der Waals surface area contributed by atoms with Gasteiger partial charge in [0.25, 0.3) is 0 Å². The van der Waals surface area contributed by atoms with Gasteiger partial charge >= 0.3 is 0 Å². The lowest BCUT2D eigenvalue weighted by Gasteiger charge is -2.40. The molecular weight excluding hydrogens is 280 g/mol. The fourth-order valence-corrected chi connectivity index (χ4v) is 3.77. The minimum absolute atomic E-state index is 0.410. The smallest absolute Gasteiger partial charge is 0.0473 e. The van der Waals surface area contributed by atoms with Gasteiger partial charge in [-0.05, 0) is 12.0 Å². The maximum atomic E-state index is 11.8. The Labute approximate surface area is 131 Å². The van der Waals surface area contributed by atoms with Crippen LogP contribution in [-0.2, 0) is 10.8 Å². The van der Waals surface area contributed by atoms with Gasteiger partial charge in [-0.1, -0.05) is 50.6 Å². The van der Waals surface area contributed by atoms with Gasteiger partial charge in [-0.15, -0.1) is 0 Å². The van der Waals surface area contributed by atoms with Crippen LogP contribution in [-0.4, -0.2) is 46.3 Å². The van der Waals surface area contributed by atoms with Crippen LogP contribution in [0, 0.1) is 0 Å². The van der Waals surface area contributed by atoms with Crippen LogP contribution in [0.5, 0.6) is 0 Å². The molecule has 1 saturated heterocycles. The van der Waals surface area contributed by atoms with E-state index in [1.165, 1.54) is 18.4 Å². The summed E-state index contributed by atoms with van der Waals surface area (Å²) in [5.41, 5.74) is 1.36. The summed E-state index contributed by atoms with van der Waals surface area (Å²) in [4.78, 5) is 2.53. The molecule has 0 radical (unpaired) electrons. The van der Waals surface area contributed by atoms with E-state index in [1.807, 2.05) is 6.92 Å². The number of nitrogens with zero attached hydrogens (tertiary/aromatic N) is 1. The Morgan fingerprint density at radius 1 is 1.29 bits per heavy atom. The third kappa shape index (κ3) is 4.90. The zero-order chi connectivity index (χ0) is 15.1. The zero-order valence-electron chi connectivity index (χ0n) is 13.3. The molecule has 1 N–H and O–H groups in total. The number of piperazine rings is 1. The van der Waals surface area contributed by atoms with E-state index < -0.39 is 10.8 Å². The Morgan fingerprint density at radius 2 is 2.05 bits per heavy atom. The second-order valence-electron chi connectivity index (χ2n) is 5.75. The molecule has 0 aliphatic carbocycles. The highest BCUT2D eigenvalue weighted by atomic mass is 32.2. The molecule has 1 aromatic carbocycles. The summed E-state index contributed by atoms with van der Waals surface area (Å²) in [5, 5.41) is 3.68. The molecule has 3 unspecified atom stereocenters. The van der Waals surface area contributed by atoms with Crippen LogP contribution in [0.25, 0.3) is 0 Å². The average Bonchev–Trinajstić information content (AvgIpc) is 2.54. The van der Waals surface area contributed by atoms with Crippen LogP contribution >= 0.6 is 0 Å². The highest BCUT2D eigenvalue weighted by molar-refractivity contribution is 7.84. The molecule has 1 aromatic rings. The molecule has 0 spiro atoms. The third-order valence-corrected chi connectivity index (χ3v) is 5.53. The quantitative estimate of drug-likeness (QED) is 0.840. The summed E-state index contributed by atoms with van der Waals surface area (Å²) in [6.07, 6.45) is 2.43. The summed E-state index contributed by atoms with van der Waals surface area (Å²) in [6, 6.07) is 11.7. The van der Waals surface area contributed by atoms with Crippen molar-refractivity contribution in [1.29, 1.82) is 0 Å². The number of hydrogen-bond donors (Lipinski definition) is 1. The minimum atomic E-state index is -0.677. The number of benzene rings is 1. The van der Waals surface area contributed by atoms with Crippen molar-refractivity contribution in [1.82, 2.24) is 10.2 Å². The summed E-state index contributed by atoms with van der Waals surface area (Å²) < 4.78 is 11.8.